The quantitative estimate of drug-likeness (QED) is 0.465. The third-order valence-electron chi connectivity index (χ3n) is 5.22. The molecule has 0 aromatic heterocycles. The first-order valence-electron chi connectivity index (χ1n) is 9.93. The van der Waals surface area contributed by atoms with Gasteiger partial charge in [-0.3, -0.25) is 0 Å². The summed E-state index contributed by atoms with van der Waals surface area (Å²) in [6, 6.07) is 19.0. The zero-order valence-corrected chi connectivity index (χ0v) is 18.1. The summed E-state index contributed by atoms with van der Waals surface area (Å²) >= 11 is 0. The molecule has 0 fully saturated rings. The summed E-state index contributed by atoms with van der Waals surface area (Å²) in [4.78, 5) is 2.10. The molecule has 146 valence electrons. The highest BCUT2D eigenvalue weighted by Crippen LogP contribution is 2.27. The average molecular weight is 364 g/mol. The second-order valence-electron chi connectivity index (χ2n) is 7.60. The summed E-state index contributed by atoms with van der Waals surface area (Å²) in [6.07, 6.45) is 2.32. The molecule has 2 aromatic rings. The van der Waals surface area contributed by atoms with Crippen molar-refractivity contribution in [3.05, 3.63) is 84.6 Å². The van der Waals surface area contributed by atoms with Gasteiger partial charge in [-0.05, 0) is 30.4 Å². The van der Waals surface area contributed by atoms with Crippen LogP contribution in [0.25, 0.3) is 11.1 Å². The Morgan fingerprint density at radius 2 is 1.37 bits per heavy atom. The van der Waals surface area contributed by atoms with Crippen molar-refractivity contribution in [1.29, 1.82) is 0 Å². The molecule has 0 radical (unpaired) electrons. The predicted octanol–water partition coefficient (Wildman–Crippen LogP) is 7.35. The maximum Gasteiger partial charge on any atom is 0.00891 e. The Balaban J connectivity index is 0.000000270. The molecule has 1 nitrogen and oxygen atoms in total. The molecule has 0 bridgehead atoms. The van der Waals surface area contributed by atoms with Crippen LogP contribution in [0.4, 0.5) is 0 Å². The minimum Gasteiger partial charge on any atom is -0.381 e. The molecule has 2 atom stereocenters. The maximum atomic E-state index is 4.15. The van der Waals surface area contributed by atoms with E-state index in [0.29, 0.717) is 11.8 Å². The summed E-state index contributed by atoms with van der Waals surface area (Å²) in [5, 5.41) is 0. The lowest BCUT2D eigenvalue weighted by Gasteiger charge is -2.28. The van der Waals surface area contributed by atoms with Gasteiger partial charge < -0.3 is 4.90 Å². The SMILES string of the molecule is C=C(CCC)C(C)C(C)C(=C)N(C)C.Cc1ccc(-c2ccccc2)cc1. The number of nitrogens with zero attached hydrogens (tertiary/aromatic N) is 1. The lowest BCUT2D eigenvalue weighted by molar-refractivity contribution is 0.375. The number of hydrogen-bond donors (Lipinski definition) is 0. The number of allylic oxidation sites excluding steroid dienone is 2. The Bertz CT molecular complexity index is 695. The van der Waals surface area contributed by atoms with Crippen LogP contribution in [0, 0.1) is 18.8 Å². The summed E-state index contributed by atoms with van der Waals surface area (Å²) in [5.41, 5.74) is 6.41. The Hall–Kier alpha value is -2.28. The molecular formula is C26H37N. The second kappa shape index (κ2) is 11.4. The molecule has 0 spiro atoms. The van der Waals surface area contributed by atoms with E-state index in [0.717, 1.165) is 6.42 Å². The zero-order valence-electron chi connectivity index (χ0n) is 18.1. The number of rotatable bonds is 7. The van der Waals surface area contributed by atoms with Crippen LogP contribution in [0.1, 0.15) is 39.2 Å². The van der Waals surface area contributed by atoms with Crippen LogP contribution in [-0.4, -0.2) is 19.0 Å². The van der Waals surface area contributed by atoms with Crippen LogP contribution in [0.15, 0.2) is 79.0 Å². The minimum atomic E-state index is 0.490. The van der Waals surface area contributed by atoms with E-state index >= 15 is 0 Å². The van der Waals surface area contributed by atoms with Crippen LogP contribution in [0.5, 0.6) is 0 Å². The van der Waals surface area contributed by atoms with Crippen molar-refractivity contribution in [2.24, 2.45) is 11.8 Å². The van der Waals surface area contributed by atoms with Crippen LogP contribution in [-0.2, 0) is 0 Å². The molecule has 0 saturated heterocycles. The first-order chi connectivity index (χ1) is 12.8. The number of benzene rings is 2. The molecular weight excluding hydrogens is 326 g/mol. The lowest BCUT2D eigenvalue weighted by atomic mass is 9.85. The minimum absolute atomic E-state index is 0.490. The predicted molar refractivity (Wildman–Crippen MR) is 122 cm³/mol. The molecule has 0 amide bonds. The van der Waals surface area contributed by atoms with Gasteiger partial charge in [-0.2, -0.15) is 0 Å². The summed E-state index contributed by atoms with van der Waals surface area (Å²) in [6.45, 7) is 17.0. The maximum absolute atomic E-state index is 4.15. The van der Waals surface area contributed by atoms with Crippen molar-refractivity contribution in [2.45, 2.75) is 40.5 Å². The highest BCUT2D eigenvalue weighted by molar-refractivity contribution is 5.63. The summed E-state index contributed by atoms with van der Waals surface area (Å²) in [5.74, 6) is 1.02. The molecule has 2 unspecified atom stereocenters. The molecule has 1 heteroatoms. The van der Waals surface area contributed by atoms with E-state index in [1.54, 1.807) is 0 Å². The molecule has 0 aliphatic rings. The third kappa shape index (κ3) is 7.46. The summed E-state index contributed by atoms with van der Waals surface area (Å²) in [7, 11) is 4.10. The van der Waals surface area contributed by atoms with E-state index in [1.807, 2.05) is 20.2 Å². The Kier molecular flexibility index (Phi) is 9.64. The zero-order chi connectivity index (χ0) is 20.4. The topological polar surface area (TPSA) is 3.24 Å². The van der Waals surface area contributed by atoms with Gasteiger partial charge in [0.15, 0.2) is 0 Å². The Morgan fingerprint density at radius 3 is 1.85 bits per heavy atom. The van der Waals surface area contributed by atoms with Crippen molar-refractivity contribution in [3.8, 4) is 11.1 Å². The normalized spacial score (nSPS) is 12.4. The van der Waals surface area contributed by atoms with Gasteiger partial charge in [-0.25, -0.2) is 0 Å². The van der Waals surface area contributed by atoms with E-state index in [9.17, 15) is 0 Å². The van der Waals surface area contributed by atoms with Gasteiger partial charge in [0, 0.05) is 25.7 Å². The molecule has 0 aliphatic carbocycles. The first-order valence-corrected chi connectivity index (χ1v) is 9.93. The van der Waals surface area contributed by atoms with Crippen LogP contribution >= 0.6 is 0 Å². The van der Waals surface area contributed by atoms with E-state index in [-0.39, 0.29) is 0 Å². The van der Waals surface area contributed by atoms with E-state index in [4.69, 9.17) is 0 Å². The fourth-order valence-electron chi connectivity index (χ4n) is 2.97. The van der Waals surface area contributed by atoms with Crippen molar-refractivity contribution >= 4 is 0 Å². The standard InChI is InChI=1S/C13H25N.C13H12/c1-8-9-10(2)11(3)12(4)13(5)14(6)7;1-11-7-9-13(10-8-11)12-5-3-2-4-6-12/h11-12H,2,5,8-9H2,1,3-4,6-7H3;2-10H,1H3. The fraction of sp³-hybridized carbons (Fsp3) is 0.385. The fourth-order valence-corrected chi connectivity index (χ4v) is 2.97. The largest absolute Gasteiger partial charge is 0.381 e. The molecule has 27 heavy (non-hydrogen) atoms. The third-order valence-corrected chi connectivity index (χ3v) is 5.22. The molecule has 0 aliphatic heterocycles. The monoisotopic (exact) mass is 363 g/mol. The van der Waals surface area contributed by atoms with Gasteiger partial charge in [-0.1, -0.05) is 106 Å². The van der Waals surface area contributed by atoms with Gasteiger partial charge >= 0.3 is 0 Å². The van der Waals surface area contributed by atoms with Crippen molar-refractivity contribution in [3.63, 3.8) is 0 Å². The van der Waals surface area contributed by atoms with Gasteiger partial charge in [0.25, 0.3) is 0 Å². The van der Waals surface area contributed by atoms with Crippen molar-refractivity contribution in [1.82, 2.24) is 4.90 Å². The van der Waals surface area contributed by atoms with Gasteiger partial charge in [-0.15, -0.1) is 0 Å². The van der Waals surface area contributed by atoms with E-state index in [2.05, 4.69) is 94.3 Å². The Labute approximate surface area is 167 Å². The molecule has 2 aromatic carbocycles. The molecule has 0 N–H and O–H groups in total. The number of hydrogen-bond acceptors (Lipinski definition) is 1. The second-order valence-corrected chi connectivity index (χ2v) is 7.60. The van der Waals surface area contributed by atoms with Crippen molar-refractivity contribution in [2.75, 3.05) is 14.1 Å². The van der Waals surface area contributed by atoms with Crippen LogP contribution in [0.3, 0.4) is 0 Å². The first kappa shape index (κ1) is 22.8. The van der Waals surface area contributed by atoms with Crippen molar-refractivity contribution < 1.29 is 0 Å². The van der Waals surface area contributed by atoms with E-state index < -0.39 is 0 Å². The molecule has 2 rings (SSSR count). The van der Waals surface area contributed by atoms with Gasteiger partial charge in [0.1, 0.15) is 0 Å². The van der Waals surface area contributed by atoms with Gasteiger partial charge in [0.2, 0.25) is 0 Å². The summed E-state index contributed by atoms with van der Waals surface area (Å²) < 4.78 is 0. The lowest BCUT2D eigenvalue weighted by Crippen LogP contribution is -2.22. The van der Waals surface area contributed by atoms with Crippen LogP contribution < -0.4 is 0 Å². The smallest absolute Gasteiger partial charge is 0.00891 e. The molecule has 0 heterocycles. The molecule has 0 saturated carbocycles. The van der Waals surface area contributed by atoms with E-state index in [1.165, 1.54) is 34.4 Å². The number of aryl methyl sites for hydroxylation is 1. The Morgan fingerprint density at radius 1 is 0.852 bits per heavy atom. The highest BCUT2D eigenvalue weighted by Gasteiger charge is 2.18. The highest BCUT2D eigenvalue weighted by atomic mass is 15.1. The van der Waals surface area contributed by atoms with Crippen LogP contribution in [0.2, 0.25) is 0 Å². The average Bonchev–Trinajstić information content (AvgIpc) is 2.68. The van der Waals surface area contributed by atoms with Gasteiger partial charge in [0.05, 0.1) is 0 Å².